The first kappa shape index (κ1) is 9.11. The molecule has 0 saturated heterocycles. The van der Waals surface area contributed by atoms with Crippen molar-refractivity contribution in [2.45, 2.75) is 57.4 Å². The lowest BCUT2D eigenvalue weighted by Crippen LogP contribution is -2.29. The van der Waals surface area contributed by atoms with E-state index in [-0.39, 0.29) is 0 Å². The number of rotatable bonds is 1. The first-order valence-corrected chi connectivity index (χ1v) is 5.89. The van der Waals surface area contributed by atoms with Crippen LogP contribution in [0.25, 0.3) is 0 Å². The summed E-state index contributed by atoms with van der Waals surface area (Å²) in [6.45, 7) is 1.28. The maximum absolute atomic E-state index is 2.57. The summed E-state index contributed by atoms with van der Waals surface area (Å²) in [7, 11) is 0. The Bertz CT molecular complexity index is 166. The fraction of sp³-hybridized carbons (Fsp3) is 0.833. The molecule has 0 atom stereocenters. The molecule has 0 aromatic carbocycles. The van der Waals surface area contributed by atoms with E-state index >= 15 is 0 Å². The van der Waals surface area contributed by atoms with Gasteiger partial charge in [-0.2, -0.15) is 0 Å². The summed E-state index contributed by atoms with van der Waals surface area (Å²) in [5.74, 6) is 0. The summed E-state index contributed by atoms with van der Waals surface area (Å²) in [6.07, 6.45) is 16.1. The zero-order valence-electron chi connectivity index (χ0n) is 8.54. The van der Waals surface area contributed by atoms with Gasteiger partial charge in [-0.3, -0.25) is 0 Å². The molecule has 0 aromatic heterocycles. The van der Waals surface area contributed by atoms with Gasteiger partial charge in [-0.15, -0.1) is 0 Å². The minimum atomic E-state index is 0.874. The van der Waals surface area contributed by atoms with E-state index in [0.29, 0.717) is 0 Å². The van der Waals surface area contributed by atoms with Crippen LogP contribution in [-0.2, 0) is 0 Å². The maximum Gasteiger partial charge on any atom is 0.0284 e. The van der Waals surface area contributed by atoms with Gasteiger partial charge < -0.3 is 4.90 Å². The van der Waals surface area contributed by atoms with Gasteiger partial charge in [0.1, 0.15) is 0 Å². The fourth-order valence-corrected chi connectivity index (χ4v) is 2.58. The highest BCUT2D eigenvalue weighted by Crippen LogP contribution is 2.23. The zero-order chi connectivity index (χ0) is 8.93. The normalized spacial score (nSPS) is 26.0. The van der Waals surface area contributed by atoms with E-state index < -0.39 is 0 Å². The first-order valence-electron chi connectivity index (χ1n) is 5.89. The predicted molar refractivity (Wildman–Crippen MR) is 56.6 cm³/mol. The van der Waals surface area contributed by atoms with Gasteiger partial charge in [-0.1, -0.05) is 38.2 Å². The van der Waals surface area contributed by atoms with Crippen LogP contribution in [0, 0.1) is 0 Å². The molecule has 1 fully saturated rings. The zero-order valence-corrected chi connectivity index (χ0v) is 8.54. The van der Waals surface area contributed by atoms with Crippen molar-refractivity contribution >= 4 is 0 Å². The summed E-state index contributed by atoms with van der Waals surface area (Å²) in [5, 5.41) is 0. The molecule has 1 nitrogen and oxygen atoms in total. The van der Waals surface area contributed by atoms with Gasteiger partial charge >= 0.3 is 0 Å². The molecule has 1 heteroatoms. The molecule has 1 heterocycles. The van der Waals surface area contributed by atoms with E-state index in [1.54, 1.807) is 0 Å². The van der Waals surface area contributed by atoms with Crippen molar-refractivity contribution in [2.24, 2.45) is 0 Å². The molecular formula is C12H21N. The molecule has 1 saturated carbocycles. The fourth-order valence-electron chi connectivity index (χ4n) is 2.58. The Labute approximate surface area is 81.8 Å². The van der Waals surface area contributed by atoms with Crippen LogP contribution in [-0.4, -0.2) is 17.5 Å². The molecule has 0 bridgehead atoms. The van der Waals surface area contributed by atoms with Crippen molar-refractivity contribution in [2.75, 3.05) is 6.54 Å². The topological polar surface area (TPSA) is 3.24 Å². The summed E-state index contributed by atoms with van der Waals surface area (Å²) in [5.41, 5.74) is 0. The Hall–Kier alpha value is -0.460. The molecule has 0 radical (unpaired) electrons. The third kappa shape index (κ3) is 2.49. The van der Waals surface area contributed by atoms with Gasteiger partial charge in [0.2, 0.25) is 0 Å². The van der Waals surface area contributed by atoms with Crippen molar-refractivity contribution in [3.05, 3.63) is 12.3 Å². The smallest absolute Gasteiger partial charge is 0.0284 e. The lowest BCUT2D eigenvalue weighted by molar-refractivity contribution is 0.245. The molecular weight excluding hydrogens is 158 g/mol. The van der Waals surface area contributed by atoms with Crippen molar-refractivity contribution in [1.29, 1.82) is 0 Å². The van der Waals surface area contributed by atoms with Crippen LogP contribution in [0.1, 0.15) is 51.4 Å². The SMILES string of the molecule is C1=CN(C2CCCCCCC2)CC1. The Morgan fingerprint density at radius 3 is 2.23 bits per heavy atom. The molecule has 74 valence electrons. The molecule has 1 aliphatic heterocycles. The van der Waals surface area contributed by atoms with Crippen LogP contribution >= 0.6 is 0 Å². The Balaban J connectivity index is 1.84. The summed E-state index contributed by atoms with van der Waals surface area (Å²) in [6, 6.07) is 0.874. The Kier molecular flexibility index (Phi) is 3.28. The minimum absolute atomic E-state index is 0.874. The van der Waals surface area contributed by atoms with Crippen LogP contribution in [0.2, 0.25) is 0 Å². The van der Waals surface area contributed by atoms with E-state index in [4.69, 9.17) is 0 Å². The molecule has 2 aliphatic rings. The third-order valence-corrected chi connectivity index (χ3v) is 3.39. The second-order valence-electron chi connectivity index (χ2n) is 4.41. The van der Waals surface area contributed by atoms with E-state index in [0.717, 1.165) is 6.04 Å². The van der Waals surface area contributed by atoms with Gasteiger partial charge in [0.05, 0.1) is 0 Å². The van der Waals surface area contributed by atoms with Gasteiger partial charge in [-0.05, 0) is 25.5 Å². The van der Waals surface area contributed by atoms with E-state index in [9.17, 15) is 0 Å². The van der Waals surface area contributed by atoms with Gasteiger partial charge in [0, 0.05) is 12.6 Å². The molecule has 0 aromatic rings. The largest absolute Gasteiger partial charge is 0.374 e. The number of nitrogens with zero attached hydrogens (tertiary/aromatic N) is 1. The second-order valence-corrected chi connectivity index (χ2v) is 4.41. The standard InChI is InChI=1S/C12H21N/c1-2-4-8-12(9-5-3-1)13-10-6-7-11-13/h6,10,12H,1-5,7-9,11H2. The van der Waals surface area contributed by atoms with Crippen LogP contribution in [0.15, 0.2) is 12.3 Å². The summed E-state index contributed by atoms with van der Waals surface area (Å²) >= 11 is 0. The lowest BCUT2D eigenvalue weighted by atomic mass is 9.96. The van der Waals surface area contributed by atoms with Crippen molar-refractivity contribution in [3.8, 4) is 0 Å². The highest BCUT2D eigenvalue weighted by Gasteiger charge is 2.17. The summed E-state index contributed by atoms with van der Waals surface area (Å²) in [4.78, 5) is 2.57. The molecule has 0 N–H and O–H groups in total. The molecule has 13 heavy (non-hydrogen) atoms. The molecule has 2 rings (SSSR count). The molecule has 0 unspecified atom stereocenters. The van der Waals surface area contributed by atoms with Crippen molar-refractivity contribution in [1.82, 2.24) is 4.90 Å². The van der Waals surface area contributed by atoms with Crippen LogP contribution in [0.4, 0.5) is 0 Å². The van der Waals surface area contributed by atoms with Gasteiger partial charge in [0.15, 0.2) is 0 Å². The minimum Gasteiger partial charge on any atom is -0.374 e. The van der Waals surface area contributed by atoms with Crippen molar-refractivity contribution in [3.63, 3.8) is 0 Å². The van der Waals surface area contributed by atoms with E-state index in [1.807, 2.05) is 0 Å². The number of hydrogen-bond acceptors (Lipinski definition) is 1. The molecule has 0 amide bonds. The van der Waals surface area contributed by atoms with Crippen LogP contribution < -0.4 is 0 Å². The van der Waals surface area contributed by atoms with Crippen LogP contribution in [0.5, 0.6) is 0 Å². The van der Waals surface area contributed by atoms with Gasteiger partial charge in [-0.25, -0.2) is 0 Å². The third-order valence-electron chi connectivity index (χ3n) is 3.39. The van der Waals surface area contributed by atoms with E-state index in [1.165, 1.54) is 57.9 Å². The highest BCUT2D eigenvalue weighted by molar-refractivity contribution is 4.94. The highest BCUT2D eigenvalue weighted by atomic mass is 15.1. The maximum atomic E-state index is 2.57. The average Bonchev–Trinajstić information content (AvgIpc) is 2.55. The number of hydrogen-bond donors (Lipinski definition) is 0. The quantitative estimate of drug-likeness (QED) is 0.597. The molecule has 1 aliphatic carbocycles. The monoisotopic (exact) mass is 179 g/mol. The summed E-state index contributed by atoms with van der Waals surface area (Å²) < 4.78 is 0. The second kappa shape index (κ2) is 4.69. The average molecular weight is 179 g/mol. The van der Waals surface area contributed by atoms with Crippen LogP contribution in [0.3, 0.4) is 0 Å². The molecule has 0 spiro atoms. The Morgan fingerprint density at radius 1 is 0.923 bits per heavy atom. The van der Waals surface area contributed by atoms with Crippen molar-refractivity contribution < 1.29 is 0 Å². The first-order chi connectivity index (χ1) is 6.47. The van der Waals surface area contributed by atoms with E-state index in [2.05, 4.69) is 17.2 Å². The Morgan fingerprint density at radius 2 is 1.62 bits per heavy atom. The van der Waals surface area contributed by atoms with Gasteiger partial charge in [0.25, 0.3) is 0 Å². The lowest BCUT2D eigenvalue weighted by Gasteiger charge is -2.29. The predicted octanol–water partition coefficient (Wildman–Crippen LogP) is 3.32.